The molecule has 1 heterocycles. The second kappa shape index (κ2) is 5.92. The zero-order valence-electron chi connectivity index (χ0n) is 11.8. The monoisotopic (exact) mass is 276 g/mol. The zero-order chi connectivity index (χ0) is 14.7. The van der Waals surface area contributed by atoms with Gasteiger partial charge in [-0.2, -0.15) is 0 Å². The van der Waals surface area contributed by atoms with Crippen molar-refractivity contribution < 1.29 is 9.59 Å². The minimum absolute atomic E-state index is 0.0412. The molecule has 108 valence electrons. The quantitative estimate of drug-likeness (QED) is 0.778. The third-order valence-electron chi connectivity index (χ3n) is 3.47. The minimum Gasteiger partial charge on any atom is -0.397 e. The number of nitrogens with two attached hydrogens (primary N) is 1. The Morgan fingerprint density at radius 2 is 2.15 bits per heavy atom. The molecule has 1 aliphatic heterocycles. The first kappa shape index (κ1) is 14.3. The van der Waals surface area contributed by atoms with Crippen molar-refractivity contribution in [3.8, 4) is 0 Å². The summed E-state index contributed by atoms with van der Waals surface area (Å²) >= 11 is 0. The highest BCUT2D eigenvalue weighted by atomic mass is 16.2. The van der Waals surface area contributed by atoms with Gasteiger partial charge in [-0.05, 0) is 18.6 Å². The molecule has 1 aromatic carbocycles. The number of nitrogens with zero attached hydrogens (tertiary/aromatic N) is 2. The molecule has 6 nitrogen and oxygen atoms in total. The van der Waals surface area contributed by atoms with Gasteiger partial charge >= 0.3 is 0 Å². The Morgan fingerprint density at radius 1 is 1.40 bits per heavy atom. The molecule has 2 rings (SSSR count). The van der Waals surface area contributed by atoms with Crippen LogP contribution in [-0.2, 0) is 9.59 Å². The lowest BCUT2D eigenvalue weighted by Gasteiger charge is -2.31. The fourth-order valence-corrected chi connectivity index (χ4v) is 2.19. The molecule has 0 saturated carbocycles. The van der Waals surface area contributed by atoms with Gasteiger partial charge in [-0.3, -0.25) is 14.5 Å². The van der Waals surface area contributed by atoms with Crippen LogP contribution in [0.2, 0.25) is 0 Å². The van der Waals surface area contributed by atoms with E-state index in [0.29, 0.717) is 24.5 Å². The standard InChI is InChI=1S/C14H20N4O2/c1-10-4-3-5-11(15)14(10)16-12(19)8-18-7-6-17(2)13(20)9-18/h3-5H,6-9,15H2,1-2H3,(H,16,19). The molecule has 1 saturated heterocycles. The molecule has 1 aliphatic rings. The van der Waals surface area contributed by atoms with E-state index in [-0.39, 0.29) is 24.9 Å². The maximum absolute atomic E-state index is 12.0. The van der Waals surface area contributed by atoms with Gasteiger partial charge in [0.15, 0.2) is 0 Å². The van der Waals surface area contributed by atoms with Crippen LogP contribution in [0.1, 0.15) is 5.56 Å². The van der Waals surface area contributed by atoms with Crippen molar-refractivity contribution in [3.63, 3.8) is 0 Å². The van der Waals surface area contributed by atoms with Gasteiger partial charge in [-0.15, -0.1) is 0 Å². The molecule has 0 bridgehead atoms. The topological polar surface area (TPSA) is 78.7 Å². The first-order chi connectivity index (χ1) is 9.47. The van der Waals surface area contributed by atoms with E-state index in [1.165, 1.54) is 0 Å². The van der Waals surface area contributed by atoms with Crippen LogP contribution in [0, 0.1) is 6.92 Å². The van der Waals surface area contributed by atoms with E-state index in [1.807, 2.05) is 24.0 Å². The summed E-state index contributed by atoms with van der Waals surface area (Å²) in [5, 5.41) is 2.82. The lowest BCUT2D eigenvalue weighted by molar-refractivity contribution is -0.135. The first-order valence-electron chi connectivity index (χ1n) is 6.58. The van der Waals surface area contributed by atoms with Crippen LogP contribution in [0.4, 0.5) is 11.4 Å². The Bertz CT molecular complexity index is 510. The highest BCUT2D eigenvalue weighted by Gasteiger charge is 2.22. The Labute approximate surface area is 118 Å². The van der Waals surface area contributed by atoms with Crippen molar-refractivity contribution in [1.82, 2.24) is 9.80 Å². The maximum Gasteiger partial charge on any atom is 0.238 e. The van der Waals surface area contributed by atoms with Gasteiger partial charge in [0, 0.05) is 20.1 Å². The zero-order valence-corrected chi connectivity index (χ0v) is 11.8. The van der Waals surface area contributed by atoms with E-state index in [1.54, 1.807) is 18.0 Å². The Hall–Kier alpha value is -2.08. The van der Waals surface area contributed by atoms with Crippen molar-refractivity contribution in [1.29, 1.82) is 0 Å². The van der Waals surface area contributed by atoms with Crippen LogP contribution in [0.25, 0.3) is 0 Å². The molecule has 0 unspecified atom stereocenters. The van der Waals surface area contributed by atoms with E-state index in [9.17, 15) is 9.59 Å². The predicted molar refractivity (Wildman–Crippen MR) is 78.3 cm³/mol. The highest BCUT2D eigenvalue weighted by molar-refractivity contribution is 5.96. The number of rotatable bonds is 3. The number of amides is 2. The third kappa shape index (κ3) is 3.27. The number of aryl methyl sites for hydroxylation is 1. The number of nitrogen functional groups attached to an aromatic ring is 1. The number of likely N-dealkylation sites (N-methyl/N-ethyl adjacent to an activating group) is 1. The molecule has 6 heteroatoms. The number of para-hydroxylation sites is 1. The Morgan fingerprint density at radius 3 is 2.80 bits per heavy atom. The number of nitrogens with one attached hydrogen (secondary N) is 1. The number of carbonyl (C=O) groups is 2. The minimum atomic E-state index is -0.150. The van der Waals surface area contributed by atoms with Crippen molar-refractivity contribution in [2.75, 3.05) is 44.3 Å². The summed E-state index contributed by atoms with van der Waals surface area (Å²) in [4.78, 5) is 27.1. The largest absolute Gasteiger partial charge is 0.397 e. The second-order valence-corrected chi connectivity index (χ2v) is 5.11. The average Bonchev–Trinajstić information content (AvgIpc) is 2.38. The van der Waals surface area contributed by atoms with E-state index < -0.39 is 0 Å². The van der Waals surface area contributed by atoms with Crippen molar-refractivity contribution in [2.24, 2.45) is 0 Å². The van der Waals surface area contributed by atoms with E-state index in [2.05, 4.69) is 5.32 Å². The van der Waals surface area contributed by atoms with Crippen LogP contribution in [0.3, 0.4) is 0 Å². The molecule has 0 radical (unpaired) electrons. The van der Waals surface area contributed by atoms with E-state index >= 15 is 0 Å². The summed E-state index contributed by atoms with van der Waals surface area (Å²) < 4.78 is 0. The van der Waals surface area contributed by atoms with Crippen LogP contribution in [0.5, 0.6) is 0 Å². The molecule has 0 atom stereocenters. The normalized spacial score (nSPS) is 16.3. The maximum atomic E-state index is 12.0. The van der Waals surface area contributed by atoms with Gasteiger partial charge < -0.3 is 16.0 Å². The molecule has 3 N–H and O–H groups in total. The van der Waals surface area contributed by atoms with Crippen molar-refractivity contribution in [3.05, 3.63) is 23.8 Å². The van der Waals surface area contributed by atoms with Gasteiger partial charge in [0.2, 0.25) is 11.8 Å². The number of hydrogen-bond donors (Lipinski definition) is 2. The Balaban J connectivity index is 1.95. The summed E-state index contributed by atoms with van der Waals surface area (Å²) in [5.74, 6) is -0.109. The molecule has 0 aromatic heterocycles. The molecule has 0 aliphatic carbocycles. The van der Waals surface area contributed by atoms with E-state index in [0.717, 1.165) is 5.56 Å². The average molecular weight is 276 g/mol. The summed E-state index contributed by atoms with van der Waals surface area (Å²) in [5.41, 5.74) is 7.98. The second-order valence-electron chi connectivity index (χ2n) is 5.11. The summed E-state index contributed by atoms with van der Waals surface area (Å²) in [6.07, 6.45) is 0. The number of anilines is 2. The van der Waals surface area contributed by atoms with Crippen LogP contribution in [-0.4, -0.2) is 54.8 Å². The van der Waals surface area contributed by atoms with Gasteiger partial charge in [0.05, 0.1) is 24.5 Å². The predicted octanol–water partition coefficient (Wildman–Crippen LogP) is 0.290. The van der Waals surface area contributed by atoms with Gasteiger partial charge in [0.25, 0.3) is 0 Å². The number of benzene rings is 1. The molecule has 1 fully saturated rings. The number of hydrogen-bond acceptors (Lipinski definition) is 4. The molecular formula is C14H20N4O2. The van der Waals surface area contributed by atoms with Crippen LogP contribution >= 0.6 is 0 Å². The van der Waals surface area contributed by atoms with Crippen LogP contribution < -0.4 is 11.1 Å². The molecule has 0 spiro atoms. The van der Waals surface area contributed by atoms with Crippen molar-refractivity contribution >= 4 is 23.2 Å². The molecule has 2 amide bonds. The van der Waals surface area contributed by atoms with E-state index in [4.69, 9.17) is 5.73 Å². The fraction of sp³-hybridized carbons (Fsp3) is 0.429. The molecule has 1 aromatic rings. The van der Waals surface area contributed by atoms with Crippen molar-refractivity contribution in [2.45, 2.75) is 6.92 Å². The SMILES string of the molecule is Cc1cccc(N)c1NC(=O)CN1CCN(C)C(=O)C1. The number of piperazine rings is 1. The van der Waals surface area contributed by atoms with Gasteiger partial charge in [-0.25, -0.2) is 0 Å². The molecule has 20 heavy (non-hydrogen) atoms. The summed E-state index contributed by atoms with van der Waals surface area (Å²) in [6.45, 7) is 3.74. The smallest absolute Gasteiger partial charge is 0.238 e. The highest BCUT2D eigenvalue weighted by Crippen LogP contribution is 2.22. The fourth-order valence-electron chi connectivity index (χ4n) is 2.19. The van der Waals surface area contributed by atoms with Crippen LogP contribution in [0.15, 0.2) is 18.2 Å². The van der Waals surface area contributed by atoms with Gasteiger partial charge in [-0.1, -0.05) is 12.1 Å². The summed E-state index contributed by atoms with van der Waals surface area (Å²) in [6, 6.07) is 5.49. The first-order valence-corrected chi connectivity index (χ1v) is 6.58. The number of carbonyl (C=O) groups excluding carboxylic acids is 2. The van der Waals surface area contributed by atoms with Gasteiger partial charge in [0.1, 0.15) is 0 Å². The summed E-state index contributed by atoms with van der Waals surface area (Å²) in [7, 11) is 1.77. The molecular weight excluding hydrogens is 256 g/mol. The lowest BCUT2D eigenvalue weighted by Crippen LogP contribution is -2.50. The third-order valence-corrected chi connectivity index (χ3v) is 3.47. The lowest BCUT2D eigenvalue weighted by atomic mass is 10.1. The Kier molecular flexibility index (Phi) is 4.24.